The largest absolute Gasteiger partial charge is 0.478 e. The van der Waals surface area contributed by atoms with E-state index in [0.717, 1.165) is 6.08 Å². The Hall–Kier alpha value is -1.64. The van der Waals surface area contributed by atoms with Crippen molar-refractivity contribution in [2.24, 2.45) is 0 Å². The number of benzene rings is 1. The zero-order valence-corrected chi connectivity index (χ0v) is 6.40. The van der Waals surface area contributed by atoms with Crippen molar-refractivity contribution in [2.45, 2.75) is 0 Å². The summed E-state index contributed by atoms with van der Waals surface area (Å²) in [6, 6.07) is 7.94. The topological polar surface area (TPSA) is 37.3 Å². The SMILES string of the molecule is C=CC(=O)O.Fc1ccccc1. The number of carbonyl (C=O) groups is 1. The minimum absolute atomic E-state index is 0.178. The first-order valence-electron chi connectivity index (χ1n) is 3.22. The van der Waals surface area contributed by atoms with Gasteiger partial charge in [-0.1, -0.05) is 24.8 Å². The van der Waals surface area contributed by atoms with Crippen molar-refractivity contribution >= 4 is 5.97 Å². The maximum atomic E-state index is 11.9. The molecular formula is C9H9FO2. The van der Waals surface area contributed by atoms with Gasteiger partial charge in [0, 0.05) is 6.08 Å². The molecule has 0 fully saturated rings. The Kier molecular flexibility index (Phi) is 5.26. The summed E-state index contributed by atoms with van der Waals surface area (Å²) in [7, 11) is 0. The van der Waals surface area contributed by atoms with Gasteiger partial charge in [0.15, 0.2) is 0 Å². The normalized spacial score (nSPS) is 7.75. The third-order valence-electron chi connectivity index (χ3n) is 0.908. The van der Waals surface area contributed by atoms with E-state index in [1.54, 1.807) is 18.2 Å². The highest BCUT2D eigenvalue weighted by atomic mass is 19.1. The number of halogens is 1. The summed E-state index contributed by atoms with van der Waals surface area (Å²) in [6.45, 7) is 2.96. The van der Waals surface area contributed by atoms with Crippen molar-refractivity contribution in [3.05, 3.63) is 48.8 Å². The fourth-order valence-corrected chi connectivity index (χ4v) is 0.415. The second kappa shape index (κ2) is 6.09. The number of carboxylic acids is 1. The van der Waals surface area contributed by atoms with Crippen molar-refractivity contribution in [3.8, 4) is 0 Å². The average molecular weight is 168 g/mol. The van der Waals surface area contributed by atoms with E-state index in [4.69, 9.17) is 5.11 Å². The van der Waals surface area contributed by atoms with Gasteiger partial charge in [-0.25, -0.2) is 9.18 Å². The van der Waals surface area contributed by atoms with Crippen molar-refractivity contribution in [1.29, 1.82) is 0 Å². The monoisotopic (exact) mass is 168 g/mol. The van der Waals surface area contributed by atoms with Gasteiger partial charge in [0.25, 0.3) is 0 Å². The van der Waals surface area contributed by atoms with E-state index in [1.807, 2.05) is 0 Å². The molecule has 1 aromatic rings. The molecule has 0 radical (unpaired) electrons. The smallest absolute Gasteiger partial charge is 0.327 e. The Bertz CT molecular complexity index is 244. The third-order valence-corrected chi connectivity index (χ3v) is 0.908. The van der Waals surface area contributed by atoms with Crippen LogP contribution in [0.15, 0.2) is 43.0 Å². The molecule has 0 unspecified atom stereocenters. The number of carboxylic acid groups (broad SMARTS) is 1. The minimum atomic E-state index is -0.981. The molecule has 0 aliphatic heterocycles. The molecule has 1 aromatic carbocycles. The van der Waals surface area contributed by atoms with Crippen LogP contribution < -0.4 is 0 Å². The molecule has 12 heavy (non-hydrogen) atoms. The predicted octanol–water partition coefficient (Wildman–Crippen LogP) is 2.08. The molecule has 0 saturated carbocycles. The van der Waals surface area contributed by atoms with Crippen molar-refractivity contribution < 1.29 is 14.3 Å². The van der Waals surface area contributed by atoms with Crippen molar-refractivity contribution in [2.75, 3.05) is 0 Å². The van der Waals surface area contributed by atoms with Gasteiger partial charge >= 0.3 is 5.97 Å². The highest BCUT2D eigenvalue weighted by Gasteiger charge is 1.77. The first-order chi connectivity index (χ1) is 5.66. The lowest BCUT2D eigenvalue weighted by Crippen LogP contribution is -1.82. The standard InChI is InChI=1S/C6H5F.C3H4O2/c7-6-4-2-1-3-5-6;1-2-3(4)5/h1-5H;2H,1H2,(H,4,5). The fraction of sp³-hybridized carbons (Fsp3) is 0. The van der Waals surface area contributed by atoms with Gasteiger partial charge in [-0.2, -0.15) is 0 Å². The van der Waals surface area contributed by atoms with Gasteiger partial charge in [0.1, 0.15) is 5.82 Å². The predicted molar refractivity (Wildman–Crippen MR) is 44.2 cm³/mol. The molecule has 0 aliphatic carbocycles. The first-order valence-corrected chi connectivity index (χ1v) is 3.22. The Balaban J connectivity index is 0.000000217. The minimum Gasteiger partial charge on any atom is -0.478 e. The molecule has 0 saturated heterocycles. The van der Waals surface area contributed by atoms with Crippen molar-refractivity contribution in [3.63, 3.8) is 0 Å². The van der Waals surface area contributed by atoms with E-state index in [9.17, 15) is 9.18 Å². The van der Waals surface area contributed by atoms with E-state index >= 15 is 0 Å². The fourth-order valence-electron chi connectivity index (χ4n) is 0.415. The summed E-state index contributed by atoms with van der Waals surface area (Å²) in [5.41, 5.74) is 0. The summed E-state index contributed by atoms with van der Waals surface area (Å²) >= 11 is 0. The number of aliphatic carboxylic acids is 1. The van der Waals surface area contributed by atoms with E-state index in [1.165, 1.54) is 12.1 Å². The second-order valence-electron chi connectivity index (χ2n) is 1.84. The number of hydrogen-bond acceptors (Lipinski definition) is 1. The molecule has 0 atom stereocenters. The van der Waals surface area contributed by atoms with Gasteiger partial charge in [0.05, 0.1) is 0 Å². The Morgan fingerprint density at radius 2 is 1.83 bits per heavy atom. The second-order valence-corrected chi connectivity index (χ2v) is 1.84. The maximum Gasteiger partial charge on any atom is 0.327 e. The van der Waals surface area contributed by atoms with E-state index < -0.39 is 5.97 Å². The molecule has 2 nitrogen and oxygen atoms in total. The third kappa shape index (κ3) is 6.48. The van der Waals surface area contributed by atoms with Crippen LogP contribution in [0.4, 0.5) is 4.39 Å². The van der Waals surface area contributed by atoms with Crippen LogP contribution in [0.25, 0.3) is 0 Å². The molecule has 64 valence electrons. The van der Waals surface area contributed by atoms with E-state index in [0.29, 0.717) is 0 Å². The van der Waals surface area contributed by atoms with Gasteiger partial charge in [-0.05, 0) is 12.1 Å². The molecule has 1 rings (SSSR count). The summed E-state index contributed by atoms with van der Waals surface area (Å²) in [6.07, 6.45) is 0.833. The highest BCUT2D eigenvalue weighted by Crippen LogP contribution is 1.91. The molecular weight excluding hydrogens is 159 g/mol. The van der Waals surface area contributed by atoms with Crippen LogP contribution in [-0.2, 0) is 4.79 Å². The zero-order chi connectivity index (χ0) is 9.40. The van der Waals surface area contributed by atoms with Gasteiger partial charge in [-0.15, -0.1) is 0 Å². The zero-order valence-electron chi connectivity index (χ0n) is 6.40. The molecule has 1 N–H and O–H groups in total. The number of rotatable bonds is 1. The Labute approximate surface area is 70.0 Å². The van der Waals surface area contributed by atoms with Crippen LogP contribution in [0.5, 0.6) is 0 Å². The van der Waals surface area contributed by atoms with Crippen molar-refractivity contribution in [1.82, 2.24) is 0 Å². The molecule has 0 spiro atoms. The van der Waals surface area contributed by atoms with Crippen LogP contribution in [0.2, 0.25) is 0 Å². The lowest BCUT2D eigenvalue weighted by Gasteiger charge is -1.78. The lowest BCUT2D eigenvalue weighted by molar-refractivity contribution is -0.131. The summed E-state index contributed by atoms with van der Waals surface area (Å²) < 4.78 is 11.9. The van der Waals surface area contributed by atoms with Crippen LogP contribution in [0.3, 0.4) is 0 Å². The lowest BCUT2D eigenvalue weighted by atomic mass is 10.4. The molecule has 0 bridgehead atoms. The summed E-state index contributed by atoms with van der Waals surface area (Å²) in [4.78, 5) is 9.25. The molecule has 0 amide bonds. The van der Waals surface area contributed by atoms with Gasteiger partial charge in [-0.3, -0.25) is 0 Å². The Morgan fingerprint density at radius 1 is 1.42 bits per heavy atom. The number of hydrogen-bond donors (Lipinski definition) is 1. The molecule has 3 heteroatoms. The van der Waals surface area contributed by atoms with Crippen LogP contribution >= 0.6 is 0 Å². The Morgan fingerprint density at radius 3 is 2.00 bits per heavy atom. The average Bonchev–Trinajstić information content (AvgIpc) is 2.07. The van der Waals surface area contributed by atoms with Crippen LogP contribution in [-0.4, -0.2) is 11.1 Å². The highest BCUT2D eigenvalue weighted by molar-refractivity contribution is 5.78. The molecule has 0 heterocycles. The molecule has 0 aliphatic rings. The van der Waals surface area contributed by atoms with Crippen LogP contribution in [0.1, 0.15) is 0 Å². The summed E-state index contributed by atoms with van der Waals surface area (Å²) in [5.74, 6) is -1.16. The maximum absolute atomic E-state index is 11.9. The van der Waals surface area contributed by atoms with Crippen LogP contribution in [0, 0.1) is 5.82 Å². The molecule has 0 aromatic heterocycles. The van der Waals surface area contributed by atoms with E-state index in [-0.39, 0.29) is 5.82 Å². The van der Waals surface area contributed by atoms with Gasteiger partial charge in [0.2, 0.25) is 0 Å². The van der Waals surface area contributed by atoms with E-state index in [2.05, 4.69) is 6.58 Å². The van der Waals surface area contributed by atoms with Gasteiger partial charge < -0.3 is 5.11 Å². The summed E-state index contributed by atoms with van der Waals surface area (Å²) in [5, 5.41) is 7.60. The quantitative estimate of drug-likeness (QED) is 0.652. The first kappa shape index (κ1) is 10.4.